The number of amidine groups is 2. The van der Waals surface area contributed by atoms with Crippen LogP contribution in [0.5, 0.6) is 5.75 Å². The summed E-state index contributed by atoms with van der Waals surface area (Å²) in [6.45, 7) is 3.75. The van der Waals surface area contributed by atoms with E-state index in [-0.39, 0.29) is 60.6 Å². The fraction of sp³-hybridized carbons (Fsp3) is 0.226. The van der Waals surface area contributed by atoms with Gasteiger partial charge in [0.15, 0.2) is 0 Å². The van der Waals surface area contributed by atoms with Gasteiger partial charge in [0, 0.05) is 31.9 Å². The monoisotopic (exact) mass is 679 g/mol. The molecule has 1 aliphatic heterocycles. The van der Waals surface area contributed by atoms with Crippen molar-refractivity contribution in [2.24, 2.45) is 11.5 Å². The van der Waals surface area contributed by atoms with E-state index in [0.717, 1.165) is 59.4 Å². The van der Waals surface area contributed by atoms with Gasteiger partial charge in [0.25, 0.3) is 15.9 Å². The maximum atomic E-state index is 14.0. The number of hydrogen-bond donors (Lipinski definition) is 4. The van der Waals surface area contributed by atoms with Crippen LogP contribution in [0.1, 0.15) is 30.9 Å². The molecule has 0 radical (unpaired) electrons. The predicted molar refractivity (Wildman–Crippen MR) is 169 cm³/mol. The standard InChI is InChI=1S/C31H34N6O3S.3ClH/c1-21(32)36-16-14-29(15-17-36)40-28-10-8-27(9-11-28)37(41(38,39)30-12-6-26(33)7-13-30)20-22-2-3-23-4-5-24(31(34)35)19-25(23)18-22;;;/h2-13,18-19,29,32H,14-17,20,33H2,1H3,(H3,34,35);3*1H/p+1. The van der Waals surface area contributed by atoms with Crippen LogP contribution in [0.3, 0.4) is 0 Å². The normalized spacial score (nSPS) is 14.4. The SMILES string of the molecule is CC(N)=[N+]1CCC(Oc2ccc(N(Cc3ccc4ccc(C(N)=[NH2+])cc4c3)S(=O)(=O)c3ccc([NH3+])cc3)cc2)CC1.Cl.[Cl-].[Cl-]. The van der Waals surface area contributed by atoms with Crippen molar-refractivity contribution in [3.63, 3.8) is 0 Å². The Hall–Kier alpha value is -3.54. The zero-order chi connectivity index (χ0) is 29.1. The minimum Gasteiger partial charge on any atom is -1.00 e. The molecule has 0 aromatic heterocycles. The molecule has 4 aromatic carbocycles. The second-order valence-electron chi connectivity index (χ2n) is 10.4. The lowest BCUT2D eigenvalue weighted by Crippen LogP contribution is -3.00. The van der Waals surface area contributed by atoms with E-state index in [1.807, 2.05) is 55.5 Å². The molecule has 236 valence electrons. The van der Waals surface area contributed by atoms with E-state index < -0.39 is 10.0 Å². The third-order valence-corrected chi connectivity index (χ3v) is 9.23. The van der Waals surface area contributed by atoms with Crippen LogP contribution in [0.2, 0.25) is 0 Å². The zero-order valence-electron chi connectivity index (χ0n) is 24.3. The van der Waals surface area contributed by atoms with E-state index in [2.05, 4.69) is 10.3 Å². The van der Waals surface area contributed by atoms with Crippen LogP contribution in [0.15, 0.2) is 89.8 Å². The summed E-state index contributed by atoms with van der Waals surface area (Å²) in [5.74, 6) is 1.76. The van der Waals surface area contributed by atoms with Gasteiger partial charge >= 0.3 is 0 Å². The summed E-state index contributed by atoms with van der Waals surface area (Å²) >= 11 is 0. The molecule has 9 N–H and O–H groups in total. The number of fused-ring (bicyclic) bond motifs is 1. The highest BCUT2D eigenvalue weighted by Gasteiger charge is 2.26. The Balaban J connectivity index is 0.00000225. The Labute approximate surface area is 276 Å². The minimum atomic E-state index is -3.90. The van der Waals surface area contributed by atoms with Gasteiger partial charge in [0.1, 0.15) is 17.5 Å². The van der Waals surface area contributed by atoms with Crippen molar-refractivity contribution in [2.75, 3.05) is 17.4 Å². The Morgan fingerprint density at radius 3 is 2.14 bits per heavy atom. The third-order valence-electron chi connectivity index (χ3n) is 7.44. The first-order valence-electron chi connectivity index (χ1n) is 13.6. The van der Waals surface area contributed by atoms with Gasteiger partial charge in [-0.05, 0) is 70.9 Å². The molecule has 9 nitrogen and oxygen atoms in total. The van der Waals surface area contributed by atoms with E-state index in [1.54, 1.807) is 36.4 Å². The van der Waals surface area contributed by atoms with Crippen LogP contribution in [-0.4, -0.2) is 43.9 Å². The summed E-state index contributed by atoms with van der Waals surface area (Å²) in [5, 5.41) is 7.73. The predicted octanol–water partition coefficient (Wildman–Crippen LogP) is -4.07. The number of piperidine rings is 1. The molecule has 0 amide bonds. The molecule has 1 aliphatic rings. The van der Waals surface area contributed by atoms with Crippen LogP contribution in [0, 0.1) is 0 Å². The van der Waals surface area contributed by atoms with E-state index in [1.165, 1.54) is 4.31 Å². The largest absolute Gasteiger partial charge is 1.00 e. The summed E-state index contributed by atoms with van der Waals surface area (Å²) in [7, 11) is -3.90. The van der Waals surface area contributed by atoms with E-state index in [0.29, 0.717) is 11.4 Å². The van der Waals surface area contributed by atoms with E-state index >= 15 is 0 Å². The number of nitrogens with two attached hydrogens (primary N) is 3. The summed E-state index contributed by atoms with van der Waals surface area (Å²) in [6, 6.07) is 25.4. The molecule has 0 aliphatic carbocycles. The van der Waals surface area contributed by atoms with Gasteiger partial charge in [-0.25, -0.2) is 8.42 Å². The van der Waals surface area contributed by atoms with Gasteiger partial charge in [-0.3, -0.25) is 25.8 Å². The minimum absolute atomic E-state index is 0. The van der Waals surface area contributed by atoms with Crippen LogP contribution in [0.4, 0.5) is 11.4 Å². The second kappa shape index (κ2) is 15.5. The number of anilines is 1. The van der Waals surface area contributed by atoms with Crippen molar-refractivity contribution in [3.8, 4) is 5.75 Å². The van der Waals surface area contributed by atoms with Gasteiger partial charge in [0.05, 0.1) is 35.8 Å². The van der Waals surface area contributed by atoms with Crippen molar-refractivity contribution in [1.29, 1.82) is 0 Å². The molecule has 5 rings (SSSR count). The molecule has 0 bridgehead atoms. The molecule has 0 spiro atoms. The molecule has 0 unspecified atom stereocenters. The number of sulfonamides is 1. The Morgan fingerprint density at radius 1 is 0.932 bits per heavy atom. The first kappa shape index (κ1) is 36.7. The highest BCUT2D eigenvalue weighted by molar-refractivity contribution is 7.92. The summed E-state index contributed by atoms with van der Waals surface area (Å²) in [5.41, 5.74) is 18.4. The lowest BCUT2D eigenvalue weighted by atomic mass is 10.0. The van der Waals surface area contributed by atoms with Crippen molar-refractivity contribution in [3.05, 3.63) is 96.1 Å². The van der Waals surface area contributed by atoms with Crippen molar-refractivity contribution in [1.82, 2.24) is 0 Å². The Kier molecular flexibility index (Phi) is 12.9. The van der Waals surface area contributed by atoms with Gasteiger partial charge in [-0.1, -0.05) is 18.2 Å². The Morgan fingerprint density at radius 2 is 1.55 bits per heavy atom. The quantitative estimate of drug-likeness (QED) is 0.0848. The van der Waals surface area contributed by atoms with Crippen molar-refractivity contribution >= 4 is 56.2 Å². The third kappa shape index (κ3) is 8.34. The lowest BCUT2D eigenvalue weighted by molar-refractivity contribution is -0.542. The molecule has 0 saturated carbocycles. The van der Waals surface area contributed by atoms with E-state index in [9.17, 15) is 8.42 Å². The number of benzene rings is 4. The van der Waals surface area contributed by atoms with Gasteiger partial charge < -0.3 is 35.3 Å². The van der Waals surface area contributed by atoms with Crippen LogP contribution in [-0.2, 0) is 16.6 Å². The maximum absolute atomic E-state index is 14.0. The van der Waals surface area contributed by atoms with Gasteiger partial charge in [0.2, 0.25) is 5.84 Å². The van der Waals surface area contributed by atoms with Crippen molar-refractivity contribution < 1.29 is 53.7 Å². The average Bonchev–Trinajstić information content (AvgIpc) is 2.96. The first-order chi connectivity index (χ1) is 19.6. The molecule has 1 fully saturated rings. The molecule has 13 heteroatoms. The van der Waals surface area contributed by atoms with Gasteiger partial charge in [-0.15, -0.1) is 12.4 Å². The Bertz CT molecular complexity index is 1720. The highest BCUT2D eigenvalue weighted by atomic mass is 35.5. The number of halogens is 3. The zero-order valence-corrected chi connectivity index (χ0v) is 27.5. The molecule has 1 heterocycles. The topological polar surface area (TPSA) is 155 Å². The first-order valence-corrected chi connectivity index (χ1v) is 15.0. The molecule has 0 atom stereocenters. The van der Waals surface area contributed by atoms with Crippen molar-refractivity contribution in [2.45, 2.75) is 37.3 Å². The summed E-state index contributed by atoms with van der Waals surface area (Å²) in [6.07, 6.45) is 1.83. The van der Waals surface area contributed by atoms with E-state index in [4.69, 9.17) is 21.6 Å². The van der Waals surface area contributed by atoms with Crippen LogP contribution in [0.25, 0.3) is 10.8 Å². The number of rotatable bonds is 8. The number of hydrogen-bond acceptors (Lipinski definition) is 3. The molecule has 4 aromatic rings. The van der Waals surface area contributed by atoms with Crippen LogP contribution >= 0.6 is 12.4 Å². The molecular formula is C31H38Cl3N6O3S+. The van der Waals surface area contributed by atoms with Gasteiger partial charge in [-0.2, -0.15) is 0 Å². The number of quaternary nitrogens is 1. The summed E-state index contributed by atoms with van der Waals surface area (Å²) in [4.78, 5) is 0.192. The summed E-state index contributed by atoms with van der Waals surface area (Å²) < 4.78 is 37.7. The average molecular weight is 681 g/mol. The fourth-order valence-corrected chi connectivity index (χ4v) is 6.51. The second-order valence-corrected chi connectivity index (χ2v) is 12.3. The highest BCUT2D eigenvalue weighted by Crippen LogP contribution is 2.30. The molecule has 1 saturated heterocycles. The smallest absolute Gasteiger partial charge is 0.270 e. The molecular weight excluding hydrogens is 643 g/mol. The lowest BCUT2D eigenvalue weighted by Gasteiger charge is -2.26. The molecule has 44 heavy (non-hydrogen) atoms. The maximum Gasteiger partial charge on any atom is 0.270 e. The fourth-order valence-electron chi connectivity index (χ4n) is 5.05. The number of ether oxygens (including phenoxy) is 1. The number of nitrogens with zero attached hydrogens (tertiary/aromatic N) is 2. The van der Waals surface area contributed by atoms with Crippen LogP contribution < -0.4 is 56.5 Å².